The van der Waals surface area contributed by atoms with Crippen molar-refractivity contribution in [2.45, 2.75) is 16.7 Å². The zero-order valence-electron chi connectivity index (χ0n) is 7.27. The Kier molecular flexibility index (Phi) is 2.49. The van der Waals surface area contributed by atoms with Gasteiger partial charge in [0.15, 0.2) is 0 Å². The van der Waals surface area contributed by atoms with Gasteiger partial charge in [0.05, 0.1) is 10.3 Å². The van der Waals surface area contributed by atoms with E-state index in [4.69, 9.17) is 0 Å². The number of pyridine rings is 1. The number of rotatable bonds is 2. The maximum atomic E-state index is 11.2. The van der Waals surface area contributed by atoms with Gasteiger partial charge in [-0.3, -0.25) is 14.9 Å². The molecule has 0 aromatic carbocycles. The molecule has 0 spiro atoms. The van der Waals surface area contributed by atoms with Crippen LogP contribution < -0.4 is 5.32 Å². The van der Waals surface area contributed by atoms with E-state index >= 15 is 0 Å². The van der Waals surface area contributed by atoms with Crippen molar-refractivity contribution in [3.8, 4) is 0 Å². The first-order valence-electron chi connectivity index (χ1n) is 4.17. The van der Waals surface area contributed by atoms with Crippen molar-refractivity contribution in [2.75, 3.05) is 0 Å². The molecule has 2 amide bonds. The maximum absolute atomic E-state index is 11.2. The molecular weight excluding hydrogens is 200 g/mol. The molecule has 4 nitrogen and oxygen atoms in total. The quantitative estimate of drug-likeness (QED) is 0.723. The third kappa shape index (κ3) is 1.93. The standard InChI is InChI=1S/C9H8N2O2S/c12-7-5-6(9(13)11-7)14-8-3-1-2-4-10-8/h1-4,6H,5H2,(H,11,12,13). The molecule has 14 heavy (non-hydrogen) atoms. The van der Waals surface area contributed by atoms with E-state index in [9.17, 15) is 9.59 Å². The molecule has 1 aromatic rings. The highest BCUT2D eigenvalue weighted by atomic mass is 32.2. The lowest BCUT2D eigenvalue weighted by Crippen LogP contribution is -2.23. The summed E-state index contributed by atoms with van der Waals surface area (Å²) in [4.78, 5) is 26.2. The lowest BCUT2D eigenvalue weighted by molar-refractivity contribution is -0.124. The smallest absolute Gasteiger partial charge is 0.240 e. The molecule has 1 atom stereocenters. The number of nitrogens with one attached hydrogen (secondary N) is 1. The van der Waals surface area contributed by atoms with Crippen LogP contribution in [-0.2, 0) is 9.59 Å². The largest absolute Gasteiger partial charge is 0.295 e. The van der Waals surface area contributed by atoms with Crippen LogP contribution in [0.1, 0.15) is 6.42 Å². The minimum absolute atomic E-state index is 0.205. The van der Waals surface area contributed by atoms with Gasteiger partial charge >= 0.3 is 0 Å². The molecule has 1 unspecified atom stereocenters. The Balaban J connectivity index is 2.05. The summed E-state index contributed by atoms with van der Waals surface area (Å²) in [5.41, 5.74) is 0. The number of amides is 2. The van der Waals surface area contributed by atoms with Gasteiger partial charge in [-0.15, -0.1) is 0 Å². The maximum Gasteiger partial charge on any atom is 0.240 e. The first-order valence-corrected chi connectivity index (χ1v) is 5.05. The average Bonchev–Trinajstić information content (AvgIpc) is 2.47. The molecule has 0 aliphatic carbocycles. The monoisotopic (exact) mass is 208 g/mol. The molecule has 1 saturated heterocycles. The molecule has 72 valence electrons. The van der Waals surface area contributed by atoms with Crippen molar-refractivity contribution in [3.63, 3.8) is 0 Å². The molecule has 2 heterocycles. The third-order valence-electron chi connectivity index (χ3n) is 1.83. The van der Waals surface area contributed by atoms with E-state index in [-0.39, 0.29) is 23.5 Å². The van der Waals surface area contributed by atoms with Crippen LogP contribution >= 0.6 is 11.8 Å². The second-order valence-corrected chi connectivity index (χ2v) is 4.11. The predicted octanol–water partition coefficient (Wildman–Crippen LogP) is 0.589. The summed E-state index contributed by atoms with van der Waals surface area (Å²) in [5, 5.41) is 2.70. The number of carbonyl (C=O) groups is 2. The van der Waals surface area contributed by atoms with Gasteiger partial charge in [-0.1, -0.05) is 17.8 Å². The SMILES string of the molecule is O=C1CC(Sc2ccccn2)C(=O)N1. The molecule has 0 bridgehead atoms. The summed E-state index contributed by atoms with van der Waals surface area (Å²) < 4.78 is 0. The van der Waals surface area contributed by atoms with Crippen LogP contribution in [0.15, 0.2) is 29.4 Å². The number of nitrogens with zero attached hydrogens (tertiary/aromatic N) is 1. The summed E-state index contributed by atoms with van der Waals surface area (Å²) in [5.74, 6) is -0.422. The summed E-state index contributed by atoms with van der Waals surface area (Å²) in [6.45, 7) is 0. The minimum atomic E-state index is -0.322. The van der Waals surface area contributed by atoms with Gasteiger partial charge in [-0.2, -0.15) is 0 Å². The van der Waals surface area contributed by atoms with Gasteiger partial charge in [-0.25, -0.2) is 4.98 Å². The van der Waals surface area contributed by atoms with Crippen molar-refractivity contribution in [3.05, 3.63) is 24.4 Å². The van der Waals surface area contributed by atoms with E-state index in [1.165, 1.54) is 11.8 Å². The topological polar surface area (TPSA) is 59.1 Å². The fourth-order valence-electron chi connectivity index (χ4n) is 1.19. The third-order valence-corrected chi connectivity index (χ3v) is 2.97. The van der Waals surface area contributed by atoms with Gasteiger partial charge < -0.3 is 0 Å². The van der Waals surface area contributed by atoms with Crippen molar-refractivity contribution >= 4 is 23.6 Å². The molecule has 1 aliphatic rings. The number of hydrogen-bond donors (Lipinski definition) is 1. The van der Waals surface area contributed by atoms with E-state index in [2.05, 4.69) is 10.3 Å². The van der Waals surface area contributed by atoms with Crippen molar-refractivity contribution < 1.29 is 9.59 Å². The Morgan fingerprint density at radius 2 is 2.29 bits per heavy atom. The van der Waals surface area contributed by atoms with Crippen LogP contribution in [-0.4, -0.2) is 22.0 Å². The van der Waals surface area contributed by atoms with E-state index in [0.29, 0.717) is 0 Å². The van der Waals surface area contributed by atoms with Gasteiger partial charge in [0.2, 0.25) is 11.8 Å². The normalized spacial score (nSPS) is 21.0. The molecule has 1 N–H and O–H groups in total. The first kappa shape index (κ1) is 9.21. The van der Waals surface area contributed by atoms with Gasteiger partial charge in [0, 0.05) is 12.6 Å². The number of imide groups is 1. The second-order valence-electron chi connectivity index (χ2n) is 2.89. The van der Waals surface area contributed by atoms with Crippen molar-refractivity contribution in [1.82, 2.24) is 10.3 Å². The van der Waals surface area contributed by atoms with E-state index in [1.807, 2.05) is 18.2 Å². The lowest BCUT2D eigenvalue weighted by Gasteiger charge is -2.03. The zero-order valence-corrected chi connectivity index (χ0v) is 8.08. The van der Waals surface area contributed by atoms with Crippen LogP contribution in [0, 0.1) is 0 Å². The van der Waals surface area contributed by atoms with Gasteiger partial charge in [0.1, 0.15) is 0 Å². The fraction of sp³-hybridized carbons (Fsp3) is 0.222. The van der Waals surface area contributed by atoms with Crippen molar-refractivity contribution in [2.24, 2.45) is 0 Å². The van der Waals surface area contributed by atoms with Gasteiger partial charge in [-0.05, 0) is 12.1 Å². The molecule has 0 saturated carbocycles. The van der Waals surface area contributed by atoms with E-state index in [0.717, 1.165) is 5.03 Å². The summed E-state index contributed by atoms with van der Waals surface area (Å²) in [6.07, 6.45) is 1.91. The van der Waals surface area contributed by atoms with Crippen LogP contribution in [0.4, 0.5) is 0 Å². The number of carbonyl (C=O) groups excluding carboxylic acids is 2. The summed E-state index contributed by atoms with van der Waals surface area (Å²) >= 11 is 1.32. The Labute approximate surface area is 85.1 Å². The number of thioether (sulfide) groups is 1. The molecule has 1 aromatic heterocycles. The van der Waals surface area contributed by atoms with Gasteiger partial charge in [0.25, 0.3) is 0 Å². The Hall–Kier alpha value is -1.36. The highest BCUT2D eigenvalue weighted by Crippen LogP contribution is 2.25. The predicted molar refractivity (Wildman–Crippen MR) is 51.6 cm³/mol. The van der Waals surface area contributed by atoms with Crippen LogP contribution in [0.25, 0.3) is 0 Å². The Bertz CT molecular complexity index is 366. The van der Waals surface area contributed by atoms with Crippen LogP contribution in [0.3, 0.4) is 0 Å². The first-order chi connectivity index (χ1) is 6.75. The molecule has 5 heteroatoms. The lowest BCUT2D eigenvalue weighted by atomic mass is 10.4. The van der Waals surface area contributed by atoms with Crippen LogP contribution in [0.2, 0.25) is 0 Å². The summed E-state index contributed by atoms with van der Waals surface area (Å²) in [7, 11) is 0. The molecule has 2 rings (SSSR count). The average molecular weight is 208 g/mol. The number of aromatic nitrogens is 1. The molecule has 1 aliphatic heterocycles. The Morgan fingerprint density at radius 1 is 1.43 bits per heavy atom. The second kappa shape index (κ2) is 3.79. The molecule has 1 fully saturated rings. The fourth-order valence-corrected chi connectivity index (χ4v) is 2.16. The minimum Gasteiger partial charge on any atom is -0.295 e. The summed E-state index contributed by atoms with van der Waals surface area (Å²) in [6, 6.07) is 5.48. The van der Waals surface area contributed by atoms with Crippen molar-refractivity contribution in [1.29, 1.82) is 0 Å². The highest BCUT2D eigenvalue weighted by Gasteiger charge is 2.31. The highest BCUT2D eigenvalue weighted by molar-refractivity contribution is 8.00. The molecular formula is C9H8N2O2S. The molecule has 0 radical (unpaired) electrons. The number of hydrogen-bond acceptors (Lipinski definition) is 4. The van der Waals surface area contributed by atoms with Crippen LogP contribution in [0.5, 0.6) is 0 Å². The van der Waals surface area contributed by atoms with E-state index in [1.54, 1.807) is 6.20 Å². The van der Waals surface area contributed by atoms with E-state index < -0.39 is 0 Å². The Morgan fingerprint density at radius 3 is 2.86 bits per heavy atom. The zero-order chi connectivity index (χ0) is 9.97.